The third-order valence-electron chi connectivity index (χ3n) is 3.03. The van der Waals surface area contributed by atoms with Crippen molar-refractivity contribution in [1.29, 1.82) is 0 Å². The summed E-state index contributed by atoms with van der Waals surface area (Å²) in [6, 6.07) is 12.7. The fourth-order valence-electron chi connectivity index (χ4n) is 1.73. The monoisotopic (exact) mass is 334 g/mol. The molecule has 0 fully saturated rings. The largest absolute Gasteiger partial charge is 0.457 e. The van der Waals surface area contributed by atoms with Crippen molar-refractivity contribution in [3.63, 3.8) is 0 Å². The van der Waals surface area contributed by atoms with Crippen molar-refractivity contribution >= 4 is 21.6 Å². The maximum absolute atomic E-state index is 11.6. The van der Waals surface area contributed by atoms with Gasteiger partial charge in [-0.1, -0.05) is 13.8 Å². The molecule has 23 heavy (non-hydrogen) atoms. The van der Waals surface area contributed by atoms with Crippen molar-refractivity contribution in [2.75, 3.05) is 5.32 Å². The van der Waals surface area contributed by atoms with E-state index in [1.54, 1.807) is 24.3 Å². The Balaban J connectivity index is 2.05. The lowest BCUT2D eigenvalue weighted by atomic mass is 10.2. The first-order valence-electron chi connectivity index (χ1n) is 6.97. The van der Waals surface area contributed by atoms with E-state index in [9.17, 15) is 13.2 Å². The number of ether oxygens (including phenoxy) is 1. The van der Waals surface area contributed by atoms with Crippen LogP contribution in [0.15, 0.2) is 53.4 Å². The third-order valence-corrected chi connectivity index (χ3v) is 3.96. The van der Waals surface area contributed by atoms with Gasteiger partial charge in [0, 0.05) is 11.6 Å². The predicted molar refractivity (Wildman–Crippen MR) is 87.8 cm³/mol. The number of hydrogen-bond acceptors (Lipinski definition) is 4. The maximum Gasteiger partial charge on any atom is 0.238 e. The number of primary sulfonamides is 1. The number of nitrogens with two attached hydrogens (primary N) is 1. The minimum absolute atomic E-state index is 0.0246. The Morgan fingerprint density at radius 3 is 1.91 bits per heavy atom. The molecule has 2 aromatic carbocycles. The van der Waals surface area contributed by atoms with Gasteiger partial charge in [0.1, 0.15) is 11.5 Å². The zero-order chi connectivity index (χ0) is 17.0. The average molecular weight is 334 g/mol. The fraction of sp³-hybridized carbons (Fsp3) is 0.188. The van der Waals surface area contributed by atoms with Gasteiger partial charge in [0.05, 0.1) is 4.90 Å². The van der Waals surface area contributed by atoms with Crippen LogP contribution in [0.1, 0.15) is 13.8 Å². The first-order chi connectivity index (χ1) is 10.8. The number of rotatable bonds is 5. The lowest BCUT2D eigenvalue weighted by Crippen LogP contribution is -2.17. The number of benzene rings is 2. The fourth-order valence-corrected chi connectivity index (χ4v) is 2.24. The summed E-state index contributed by atoms with van der Waals surface area (Å²) in [4.78, 5) is 11.6. The highest BCUT2D eigenvalue weighted by molar-refractivity contribution is 7.89. The molecule has 0 aromatic heterocycles. The van der Waals surface area contributed by atoms with Crippen molar-refractivity contribution in [2.45, 2.75) is 18.7 Å². The smallest absolute Gasteiger partial charge is 0.238 e. The number of sulfonamides is 1. The van der Waals surface area contributed by atoms with Gasteiger partial charge in [-0.25, -0.2) is 13.6 Å². The molecule has 0 aliphatic carbocycles. The summed E-state index contributed by atoms with van der Waals surface area (Å²) >= 11 is 0. The van der Waals surface area contributed by atoms with Crippen LogP contribution in [-0.4, -0.2) is 14.3 Å². The quantitative estimate of drug-likeness (QED) is 0.878. The molecule has 122 valence electrons. The summed E-state index contributed by atoms with van der Waals surface area (Å²) in [7, 11) is -3.71. The first kappa shape index (κ1) is 17.0. The second-order valence-electron chi connectivity index (χ2n) is 5.29. The highest BCUT2D eigenvalue weighted by Gasteiger charge is 2.08. The molecule has 0 bridgehead atoms. The van der Waals surface area contributed by atoms with E-state index in [1.807, 2.05) is 13.8 Å². The van der Waals surface area contributed by atoms with E-state index < -0.39 is 10.0 Å². The van der Waals surface area contributed by atoms with E-state index in [-0.39, 0.29) is 16.7 Å². The van der Waals surface area contributed by atoms with E-state index >= 15 is 0 Å². The normalized spacial score (nSPS) is 11.3. The molecule has 0 atom stereocenters. The topological polar surface area (TPSA) is 98.5 Å². The van der Waals surface area contributed by atoms with Crippen LogP contribution in [-0.2, 0) is 14.8 Å². The Labute approximate surface area is 135 Å². The van der Waals surface area contributed by atoms with Crippen LogP contribution >= 0.6 is 0 Å². The van der Waals surface area contributed by atoms with Gasteiger partial charge in [-0.2, -0.15) is 0 Å². The number of amides is 1. The van der Waals surface area contributed by atoms with Crippen LogP contribution in [0, 0.1) is 5.92 Å². The molecule has 0 saturated carbocycles. The first-order valence-corrected chi connectivity index (χ1v) is 8.52. The van der Waals surface area contributed by atoms with Gasteiger partial charge in [0.15, 0.2) is 0 Å². The molecule has 1 amide bonds. The zero-order valence-electron chi connectivity index (χ0n) is 12.8. The molecular weight excluding hydrogens is 316 g/mol. The predicted octanol–water partition coefficient (Wildman–Crippen LogP) is 2.72. The van der Waals surface area contributed by atoms with Gasteiger partial charge < -0.3 is 10.1 Å². The molecule has 0 unspecified atom stereocenters. The number of carbonyl (C=O) groups is 1. The minimum atomic E-state index is -3.71. The summed E-state index contributed by atoms with van der Waals surface area (Å²) in [5, 5.41) is 7.82. The van der Waals surface area contributed by atoms with Crippen molar-refractivity contribution in [2.24, 2.45) is 11.1 Å². The number of hydrogen-bond donors (Lipinski definition) is 2. The lowest BCUT2D eigenvalue weighted by Gasteiger charge is -2.09. The SMILES string of the molecule is CC(C)C(=O)Nc1ccc(Oc2ccc(S(N)(=O)=O)cc2)cc1. The van der Waals surface area contributed by atoms with Crippen molar-refractivity contribution in [3.05, 3.63) is 48.5 Å². The molecule has 2 rings (SSSR count). The molecule has 6 nitrogen and oxygen atoms in total. The summed E-state index contributed by atoms with van der Waals surface area (Å²) in [6.07, 6.45) is 0. The van der Waals surface area contributed by atoms with E-state index in [0.29, 0.717) is 17.2 Å². The molecule has 0 aliphatic heterocycles. The second-order valence-corrected chi connectivity index (χ2v) is 6.85. The van der Waals surface area contributed by atoms with Gasteiger partial charge in [-0.3, -0.25) is 4.79 Å². The summed E-state index contributed by atoms with van der Waals surface area (Å²) in [6.45, 7) is 3.63. The van der Waals surface area contributed by atoms with E-state index in [4.69, 9.17) is 9.88 Å². The molecule has 0 aliphatic rings. The van der Waals surface area contributed by atoms with Gasteiger partial charge in [-0.05, 0) is 48.5 Å². The van der Waals surface area contributed by atoms with E-state index in [2.05, 4.69) is 5.32 Å². The van der Waals surface area contributed by atoms with Crippen molar-refractivity contribution in [3.8, 4) is 11.5 Å². The average Bonchev–Trinajstić information content (AvgIpc) is 2.49. The lowest BCUT2D eigenvalue weighted by molar-refractivity contribution is -0.118. The van der Waals surface area contributed by atoms with Gasteiger partial charge in [-0.15, -0.1) is 0 Å². The Hall–Kier alpha value is -2.38. The van der Waals surface area contributed by atoms with Crippen LogP contribution < -0.4 is 15.2 Å². The molecule has 0 spiro atoms. The standard InChI is InChI=1S/C16H18N2O4S/c1-11(2)16(19)18-12-3-5-13(6-4-12)22-14-7-9-15(10-8-14)23(17,20)21/h3-11H,1-2H3,(H,18,19)(H2,17,20,21). The highest BCUT2D eigenvalue weighted by Crippen LogP contribution is 2.24. The highest BCUT2D eigenvalue weighted by atomic mass is 32.2. The number of carbonyl (C=O) groups excluding carboxylic acids is 1. The molecule has 0 saturated heterocycles. The summed E-state index contributed by atoms with van der Waals surface area (Å²) < 4.78 is 28.0. The summed E-state index contributed by atoms with van der Waals surface area (Å²) in [5.41, 5.74) is 0.681. The third kappa shape index (κ3) is 4.80. The molecule has 0 radical (unpaired) electrons. The van der Waals surface area contributed by atoms with Crippen LogP contribution in [0.2, 0.25) is 0 Å². The minimum Gasteiger partial charge on any atom is -0.457 e. The number of nitrogens with one attached hydrogen (secondary N) is 1. The molecule has 7 heteroatoms. The second kappa shape index (κ2) is 6.80. The van der Waals surface area contributed by atoms with Gasteiger partial charge in [0.2, 0.25) is 15.9 Å². The molecule has 3 N–H and O–H groups in total. The van der Waals surface area contributed by atoms with Crippen LogP contribution in [0.5, 0.6) is 11.5 Å². The Morgan fingerprint density at radius 1 is 1.00 bits per heavy atom. The van der Waals surface area contributed by atoms with Crippen molar-refractivity contribution < 1.29 is 17.9 Å². The van der Waals surface area contributed by atoms with Gasteiger partial charge in [0.25, 0.3) is 0 Å². The Morgan fingerprint density at radius 2 is 1.48 bits per heavy atom. The maximum atomic E-state index is 11.6. The molecule has 0 heterocycles. The van der Waals surface area contributed by atoms with Gasteiger partial charge >= 0.3 is 0 Å². The van der Waals surface area contributed by atoms with Crippen LogP contribution in [0.3, 0.4) is 0 Å². The molecule has 2 aromatic rings. The molecular formula is C16H18N2O4S. The number of anilines is 1. The Kier molecular flexibility index (Phi) is 5.02. The Bertz CT molecular complexity index is 782. The van der Waals surface area contributed by atoms with E-state index in [1.165, 1.54) is 24.3 Å². The van der Waals surface area contributed by atoms with Crippen LogP contribution in [0.4, 0.5) is 5.69 Å². The summed E-state index contributed by atoms with van der Waals surface area (Å²) in [5.74, 6) is 0.896. The van der Waals surface area contributed by atoms with E-state index in [0.717, 1.165) is 0 Å². The van der Waals surface area contributed by atoms with Crippen molar-refractivity contribution in [1.82, 2.24) is 0 Å². The van der Waals surface area contributed by atoms with Crippen LogP contribution in [0.25, 0.3) is 0 Å². The zero-order valence-corrected chi connectivity index (χ0v) is 13.6.